The predicted octanol–water partition coefficient (Wildman–Crippen LogP) is 5.08. The second-order valence-corrected chi connectivity index (χ2v) is 13.4. The summed E-state index contributed by atoms with van der Waals surface area (Å²) in [5.41, 5.74) is 5.60. The number of hydrogen-bond acceptors (Lipinski definition) is 8. The largest absolute Gasteiger partial charge is 0.508 e. The average molecular weight is 662 g/mol. The van der Waals surface area contributed by atoms with Crippen molar-refractivity contribution < 1.29 is 29.2 Å². The van der Waals surface area contributed by atoms with E-state index in [0.29, 0.717) is 13.0 Å². The van der Waals surface area contributed by atoms with E-state index in [1.165, 1.54) is 51.9 Å². The zero-order valence-electron chi connectivity index (χ0n) is 29.3. The first kappa shape index (κ1) is 41.5. The summed E-state index contributed by atoms with van der Waals surface area (Å²) in [5.74, 6) is -3.94. The van der Waals surface area contributed by atoms with E-state index in [2.05, 4.69) is 22.9 Å². The molecule has 1 aromatic carbocycles. The number of carbonyl (C=O) groups excluding carboxylic acids is 4. The molecule has 0 saturated heterocycles. The summed E-state index contributed by atoms with van der Waals surface area (Å²) in [4.78, 5) is 64.1. The number of aromatic hydroxyl groups is 1. The number of nitrogens with two attached hydrogens (primary N) is 1. The van der Waals surface area contributed by atoms with Gasteiger partial charge < -0.3 is 26.8 Å². The van der Waals surface area contributed by atoms with Gasteiger partial charge in [0.1, 0.15) is 17.8 Å². The third kappa shape index (κ3) is 15.7. The minimum Gasteiger partial charge on any atom is -0.508 e. The van der Waals surface area contributed by atoms with Crippen molar-refractivity contribution in [3.8, 4) is 5.75 Å². The van der Waals surface area contributed by atoms with Gasteiger partial charge in [0.2, 0.25) is 17.7 Å². The van der Waals surface area contributed by atoms with Crippen LogP contribution in [-0.2, 0) is 25.6 Å². The van der Waals surface area contributed by atoms with Gasteiger partial charge in [-0.1, -0.05) is 92.4 Å². The number of benzene rings is 1. The number of rotatable bonds is 24. The molecule has 0 aliphatic carbocycles. The molecule has 0 saturated carbocycles. The Morgan fingerprint density at radius 3 is 1.96 bits per heavy atom. The van der Waals surface area contributed by atoms with E-state index in [-0.39, 0.29) is 28.8 Å². The number of phenolic OH excluding ortho intramolecular Hbond substituents is 1. The highest BCUT2D eigenvalue weighted by Crippen LogP contribution is 2.24. The first-order chi connectivity index (χ1) is 22.2. The Labute approximate surface area is 280 Å². The number of ketones is 1. The van der Waals surface area contributed by atoms with Crippen LogP contribution in [0.25, 0.3) is 0 Å². The van der Waals surface area contributed by atoms with Crippen LogP contribution in [0.15, 0.2) is 18.2 Å². The second-order valence-electron chi connectivity index (χ2n) is 13.4. The fourth-order valence-electron chi connectivity index (χ4n) is 5.64. The fourth-order valence-corrected chi connectivity index (χ4v) is 5.64. The van der Waals surface area contributed by atoms with Gasteiger partial charge in [-0.25, -0.2) is 0 Å². The summed E-state index contributed by atoms with van der Waals surface area (Å²) in [7, 11) is 0. The molecule has 3 amide bonds. The van der Waals surface area contributed by atoms with Gasteiger partial charge in [-0.3, -0.25) is 29.3 Å². The lowest BCUT2D eigenvalue weighted by Crippen LogP contribution is -2.59. The summed E-state index contributed by atoms with van der Waals surface area (Å²) >= 11 is 0. The number of Topliss-reactive ketones (excluding diaryl/α,β-unsaturated/α-hetero) is 1. The molecule has 4 atom stereocenters. The van der Waals surface area contributed by atoms with Crippen molar-refractivity contribution in [1.82, 2.24) is 16.0 Å². The number of hydrogen-bond donors (Lipinski definition) is 5. The quantitative estimate of drug-likeness (QED) is 0.0574. The topological polar surface area (TPSA) is 194 Å². The van der Waals surface area contributed by atoms with Crippen molar-refractivity contribution in [2.24, 2.45) is 23.5 Å². The van der Waals surface area contributed by atoms with E-state index in [9.17, 15) is 34.4 Å². The standard InChI is InChI=1S/C35H59N5O7/c1-7-8-9-10-11-12-13-14-15-16-19-37-34(44)28(20-23(2)3)38-35(45)32(31(24(4)5)33(43)25(6)36)39-30(42)22-26-21-27(40(46)47)17-18-29(26)41/h17-18,21,23-25,28,31-32,41H,7-16,19-20,22,36H2,1-6H3,(H,37,44)(H,38,45)(H,39,42)/t25-,28-,31?,32-/m0/s1. The molecule has 47 heavy (non-hydrogen) atoms. The number of nitrogens with zero attached hydrogens (tertiary/aromatic N) is 1. The van der Waals surface area contributed by atoms with Crippen LogP contribution in [0.1, 0.15) is 118 Å². The second kappa shape index (κ2) is 22.1. The summed E-state index contributed by atoms with van der Waals surface area (Å²) in [6.07, 6.45) is 11.6. The maximum absolute atomic E-state index is 13.8. The van der Waals surface area contributed by atoms with Gasteiger partial charge in [0, 0.05) is 24.2 Å². The van der Waals surface area contributed by atoms with Crippen LogP contribution in [0, 0.1) is 27.9 Å². The number of nitrogens with one attached hydrogen (secondary N) is 3. The lowest BCUT2D eigenvalue weighted by Gasteiger charge is -2.31. The van der Waals surface area contributed by atoms with Crippen LogP contribution in [0.3, 0.4) is 0 Å². The average Bonchev–Trinajstić information content (AvgIpc) is 2.99. The molecule has 12 heteroatoms. The van der Waals surface area contributed by atoms with Gasteiger partial charge in [-0.15, -0.1) is 0 Å². The minimum atomic E-state index is -1.38. The Hall–Kier alpha value is -3.54. The van der Waals surface area contributed by atoms with E-state index >= 15 is 0 Å². The third-order valence-corrected chi connectivity index (χ3v) is 8.25. The number of amides is 3. The summed E-state index contributed by atoms with van der Waals surface area (Å²) in [5, 5.41) is 29.7. The van der Waals surface area contributed by atoms with E-state index < -0.39 is 58.9 Å². The number of carbonyl (C=O) groups is 4. The smallest absolute Gasteiger partial charge is 0.269 e. The molecule has 0 heterocycles. The lowest BCUT2D eigenvalue weighted by atomic mass is 9.81. The van der Waals surface area contributed by atoms with Crippen molar-refractivity contribution in [1.29, 1.82) is 0 Å². The van der Waals surface area contributed by atoms with Crippen LogP contribution in [0.5, 0.6) is 5.75 Å². The van der Waals surface area contributed by atoms with Crippen molar-refractivity contribution >= 4 is 29.2 Å². The van der Waals surface area contributed by atoms with Gasteiger partial charge in [-0.2, -0.15) is 0 Å². The van der Waals surface area contributed by atoms with Crippen molar-refractivity contribution in [2.45, 2.75) is 137 Å². The number of non-ortho nitro benzene ring substituents is 1. The number of phenols is 1. The lowest BCUT2D eigenvalue weighted by molar-refractivity contribution is -0.384. The van der Waals surface area contributed by atoms with Crippen molar-refractivity contribution in [3.05, 3.63) is 33.9 Å². The van der Waals surface area contributed by atoms with Crippen LogP contribution in [-0.4, -0.2) is 58.2 Å². The van der Waals surface area contributed by atoms with Crippen molar-refractivity contribution in [3.63, 3.8) is 0 Å². The Balaban J connectivity index is 3.00. The molecule has 6 N–H and O–H groups in total. The summed E-state index contributed by atoms with van der Waals surface area (Å²) < 4.78 is 0. The van der Waals surface area contributed by atoms with Crippen LogP contribution in [0.4, 0.5) is 5.69 Å². The summed E-state index contributed by atoms with van der Waals surface area (Å²) in [6.45, 7) is 11.5. The molecular weight excluding hydrogens is 602 g/mol. The molecule has 0 aliphatic heterocycles. The van der Waals surface area contributed by atoms with Crippen LogP contribution >= 0.6 is 0 Å². The van der Waals surface area contributed by atoms with Crippen molar-refractivity contribution in [2.75, 3.05) is 6.54 Å². The minimum absolute atomic E-state index is 0.0143. The Morgan fingerprint density at radius 1 is 0.872 bits per heavy atom. The fraction of sp³-hybridized carbons (Fsp3) is 0.714. The molecule has 0 spiro atoms. The number of nitro benzene ring substituents is 1. The number of unbranched alkanes of at least 4 members (excludes halogenated alkanes) is 9. The normalized spacial score (nSPS) is 13.9. The SMILES string of the molecule is CCCCCCCCCCCCNC(=O)[C@H](CC(C)C)NC(=O)[C@@H](NC(=O)Cc1cc([N+](=O)[O-])ccc1O)C(C(=O)[C@H](C)N)C(C)C. The van der Waals surface area contributed by atoms with E-state index in [1.807, 2.05) is 13.8 Å². The molecule has 266 valence electrons. The first-order valence-electron chi connectivity index (χ1n) is 17.3. The van der Waals surface area contributed by atoms with E-state index in [0.717, 1.165) is 37.5 Å². The Kier molecular flexibility index (Phi) is 19.5. The van der Waals surface area contributed by atoms with Gasteiger partial charge in [0.15, 0.2) is 5.78 Å². The van der Waals surface area contributed by atoms with Gasteiger partial charge in [0.05, 0.1) is 23.3 Å². The van der Waals surface area contributed by atoms with Crippen LogP contribution < -0.4 is 21.7 Å². The first-order valence-corrected chi connectivity index (χ1v) is 17.3. The summed E-state index contributed by atoms with van der Waals surface area (Å²) in [6, 6.07) is 0.0990. The maximum atomic E-state index is 13.8. The molecule has 1 unspecified atom stereocenters. The van der Waals surface area contributed by atoms with E-state index in [1.54, 1.807) is 13.8 Å². The highest BCUT2D eigenvalue weighted by atomic mass is 16.6. The molecule has 1 aromatic rings. The predicted molar refractivity (Wildman–Crippen MR) is 184 cm³/mol. The molecular formula is C35H59N5O7. The third-order valence-electron chi connectivity index (χ3n) is 8.25. The molecule has 12 nitrogen and oxygen atoms in total. The molecule has 0 aromatic heterocycles. The number of nitro groups is 1. The maximum Gasteiger partial charge on any atom is 0.269 e. The molecule has 0 aliphatic rings. The molecule has 0 radical (unpaired) electrons. The Morgan fingerprint density at radius 2 is 1.45 bits per heavy atom. The molecule has 1 rings (SSSR count). The monoisotopic (exact) mass is 661 g/mol. The van der Waals surface area contributed by atoms with Crippen LogP contribution in [0.2, 0.25) is 0 Å². The van der Waals surface area contributed by atoms with Gasteiger partial charge in [0.25, 0.3) is 5.69 Å². The zero-order chi connectivity index (χ0) is 35.5. The highest BCUT2D eigenvalue weighted by molar-refractivity contribution is 5.98. The molecule has 0 fully saturated rings. The molecule has 0 bridgehead atoms. The van der Waals surface area contributed by atoms with E-state index in [4.69, 9.17) is 5.73 Å². The zero-order valence-corrected chi connectivity index (χ0v) is 29.3. The Bertz CT molecular complexity index is 1160. The van der Waals surface area contributed by atoms with Gasteiger partial charge >= 0.3 is 0 Å². The highest BCUT2D eigenvalue weighted by Gasteiger charge is 2.39. The van der Waals surface area contributed by atoms with Gasteiger partial charge in [-0.05, 0) is 37.7 Å².